The second kappa shape index (κ2) is 9.45. The third kappa shape index (κ3) is 5.62. The lowest BCUT2D eigenvalue weighted by Gasteiger charge is -2.10. The fourth-order valence-electron chi connectivity index (χ4n) is 2.81. The zero-order chi connectivity index (χ0) is 20.6. The average Bonchev–Trinajstić information content (AvgIpc) is 2.73. The highest BCUT2D eigenvalue weighted by atomic mass is 16.2. The van der Waals surface area contributed by atoms with Crippen LogP contribution in [0.15, 0.2) is 71.7 Å². The molecule has 2 amide bonds. The van der Waals surface area contributed by atoms with Gasteiger partial charge in [0.25, 0.3) is 11.5 Å². The van der Waals surface area contributed by atoms with Gasteiger partial charge in [-0.2, -0.15) is 0 Å². The van der Waals surface area contributed by atoms with Crippen LogP contribution in [0.25, 0.3) is 0 Å². The van der Waals surface area contributed by atoms with Crippen molar-refractivity contribution in [2.75, 3.05) is 0 Å². The zero-order valence-electron chi connectivity index (χ0n) is 16.1. The highest BCUT2D eigenvalue weighted by Crippen LogP contribution is 2.00. The van der Waals surface area contributed by atoms with E-state index >= 15 is 0 Å². The van der Waals surface area contributed by atoms with E-state index in [1.807, 2.05) is 55.5 Å². The Balaban J connectivity index is 1.61. The van der Waals surface area contributed by atoms with Crippen LogP contribution >= 0.6 is 0 Å². The first-order valence-corrected chi connectivity index (χ1v) is 9.24. The van der Waals surface area contributed by atoms with Crippen molar-refractivity contribution in [2.45, 2.75) is 26.6 Å². The molecule has 0 fully saturated rings. The molecule has 3 aromatic rings. The lowest BCUT2D eigenvalue weighted by molar-refractivity contribution is -0.121. The molecule has 0 aliphatic rings. The molecule has 29 heavy (non-hydrogen) atoms. The Labute approximate surface area is 168 Å². The van der Waals surface area contributed by atoms with E-state index in [0.29, 0.717) is 6.54 Å². The number of carbonyl (C=O) groups is 2. The van der Waals surface area contributed by atoms with E-state index in [2.05, 4.69) is 15.6 Å². The number of hydrogen-bond acceptors (Lipinski definition) is 4. The minimum atomic E-state index is -0.512. The maximum absolute atomic E-state index is 12.6. The summed E-state index contributed by atoms with van der Waals surface area (Å²) in [6.45, 7) is 2.29. The highest BCUT2D eigenvalue weighted by molar-refractivity contribution is 5.93. The van der Waals surface area contributed by atoms with Gasteiger partial charge in [0.1, 0.15) is 12.1 Å². The van der Waals surface area contributed by atoms with Gasteiger partial charge in [-0.3, -0.25) is 19.4 Å². The molecule has 0 unspecified atom stereocenters. The summed E-state index contributed by atoms with van der Waals surface area (Å²) < 4.78 is 1.22. The Morgan fingerprint density at radius 2 is 1.72 bits per heavy atom. The third-order valence-electron chi connectivity index (χ3n) is 4.29. The molecule has 2 heterocycles. The van der Waals surface area contributed by atoms with Crippen molar-refractivity contribution in [2.24, 2.45) is 0 Å². The van der Waals surface area contributed by atoms with Crippen molar-refractivity contribution in [1.29, 1.82) is 0 Å². The Kier molecular flexibility index (Phi) is 6.52. The number of aryl methyl sites for hydroxylation is 1. The molecule has 7 heteroatoms. The first kappa shape index (κ1) is 20.0. The molecule has 0 saturated carbocycles. The molecule has 148 valence electrons. The van der Waals surface area contributed by atoms with Crippen LogP contribution in [0.5, 0.6) is 0 Å². The van der Waals surface area contributed by atoms with Gasteiger partial charge in [0.05, 0.1) is 12.2 Å². The molecule has 0 bridgehead atoms. The van der Waals surface area contributed by atoms with Gasteiger partial charge in [-0.15, -0.1) is 0 Å². The van der Waals surface area contributed by atoms with Crippen molar-refractivity contribution < 1.29 is 9.59 Å². The summed E-state index contributed by atoms with van der Waals surface area (Å²) in [5.74, 6) is -0.810. The monoisotopic (exact) mass is 390 g/mol. The summed E-state index contributed by atoms with van der Waals surface area (Å²) in [6, 6.07) is 18.0. The molecule has 0 saturated heterocycles. The Morgan fingerprint density at radius 3 is 2.48 bits per heavy atom. The number of nitrogens with one attached hydrogen (secondary N) is 2. The van der Waals surface area contributed by atoms with Crippen molar-refractivity contribution in [3.8, 4) is 0 Å². The Hall–Kier alpha value is -3.74. The van der Waals surface area contributed by atoms with Gasteiger partial charge in [-0.25, -0.2) is 0 Å². The molecule has 7 nitrogen and oxygen atoms in total. The Bertz CT molecular complexity index is 1060. The number of aromatic nitrogens is 2. The SMILES string of the molecule is Cc1cccc(CNC(=O)Cn2cccc(C(=O)NCc3ccccc3)c2=O)n1. The van der Waals surface area contributed by atoms with Gasteiger partial charge in [0, 0.05) is 18.4 Å². The smallest absolute Gasteiger partial charge is 0.263 e. The topological polar surface area (TPSA) is 93.1 Å². The summed E-state index contributed by atoms with van der Waals surface area (Å²) in [5.41, 5.74) is 2.02. The van der Waals surface area contributed by atoms with E-state index in [1.165, 1.54) is 16.8 Å². The van der Waals surface area contributed by atoms with Crippen LogP contribution in [0.3, 0.4) is 0 Å². The van der Waals surface area contributed by atoms with Crippen LogP contribution in [0.2, 0.25) is 0 Å². The standard InChI is InChI=1S/C22H22N4O3/c1-16-7-5-10-18(25-16)14-23-20(27)15-26-12-6-11-19(22(26)29)21(28)24-13-17-8-3-2-4-9-17/h2-12H,13-15H2,1H3,(H,23,27)(H,24,28). The Morgan fingerprint density at radius 1 is 0.931 bits per heavy atom. The molecular weight excluding hydrogens is 368 g/mol. The summed E-state index contributed by atoms with van der Waals surface area (Å²) in [6.07, 6.45) is 1.49. The van der Waals surface area contributed by atoms with E-state index in [-0.39, 0.29) is 24.6 Å². The number of amides is 2. The van der Waals surface area contributed by atoms with Crippen LogP contribution in [-0.4, -0.2) is 21.4 Å². The van der Waals surface area contributed by atoms with Crippen LogP contribution in [-0.2, 0) is 24.4 Å². The summed E-state index contributed by atoms with van der Waals surface area (Å²) in [4.78, 5) is 41.5. The molecule has 2 aromatic heterocycles. The van der Waals surface area contributed by atoms with Crippen molar-refractivity contribution in [1.82, 2.24) is 20.2 Å². The second-order valence-electron chi connectivity index (χ2n) is 6.57. The number of hydrogen-bond donors (Lipinski definition) is 2. The predicted molar refractivity (Wildman–Crippen MR) is 109 cm³/mol. The molecular formula is C22H22N4O3. The van der Waals surface area contributed by atoms with Crippen LogP contribution in [0.4, 0.5) is 0 Å². The van der Waals surface area contributed by atoms with Crippen LogP contribution < -0.4 is 16.2 Å². The first-order chi connectivity index (χ1) is 14.0. The minimum Gasteiger partial charge on any atom is -0.349 e. The molecule has 0 aliphatic carbocycles. The fraction of sp³-hybridized carbons (Fsp3) is 0.182. The molecule has 0 atom stereocenters. The van der Waals surface area contributed by atoms with Gasteiger partial charge >= 0.3 is 0 Å². The molecule has 0 radical (unpaired) electrons. The van der Waals surface area contributed by atoms with Gasteiger partial charge in [-0.1, -0.05) is 36.4 Å². The van der Waals surface area contributed by atoms with Gasteiger partial charge in [0.2, 0.25) is 5.91 Å². The van der Waals surface area contributed by atoms with Gasteiger partial charge in [0.15, 0.2) is 0 Å². The van der Waals surface area contributed by atoms with Gasteiger partial charge < -0.3 is 15.2 Å². The average molecular weight is 390 g/mol. The van der Waals surface area contributed by atoms with Crippen LogP contribution in [0.1, 0.15) is 27.3 Å². The first-order valence-electron chi connectivity index (χ1n) is 9.24. The molecule has 0 spiro atoms. The third-order valence-corrected chi connectivity index (χ3v) is 4.29. The lowest BCUT2D eigenvalue weighted by Crippen LogP contribution is -2.36. The van der Waals surface area contributed by atoms with Crippen molar-refractivity contribution in [3.05, 3.63) is 99.7 Å². The normalized spacial score (nSPS) is 10.4. The summed E-state index contributed by atoms with van der Waals surface area (Å²) >= 11 is 0. The van der Waals surface area contributed by atoms with E-state index < -0.39 is 11.5 Å². The second-order valence-corrected chi connectivity index (χ2v) is 6.57. The van der Waals surface area contributed by atoms with Crippen molar-refractivity contribution in [3.63, 3.8) is 0 Å². The van der Waals surface area contributed by atoms with E-state index in [4.69, 9.17) is 0 Å². The van der Waals surface area contributed by atoms with Gasteiger partial charge in [-0.05, 0) is 36.8 Å². The quantitative estimate of drug-likeness (QED) is 0.643. The maximum atomic E-state index is 12.6. The summed E-state index contributed by atoms with van der Waals surface area (Å²) in [5, 5.41) is 5.46. The highest BCUT2D eigenvalue weighted by Gasteiger charge is 2.13. The molecule has 3 rings (SSSR count). The number of carbonyl (C=O) groups excluding carboxylic acids is 2. The molecule has 0 aliphatic heterocycles. The van der Waals surface area contributed by atoms with Crippen LogP contribution in [0, 0.1) is 6.92 Å². The predicted octanol–water partition coefficient (Wildman–Crippen LogP) is 1.80. The number of benzene rings is 1. The fourth-order valence-corrected chi connectivity index (χ4v) is 2.81. The van der Waals surface area contributed by atoms with Crippen molar-refractivity contribution >= 4 is 11.8 Å². The number of pyridine rings is 2. The molecule has 1 aromatic carbocycles. The van der Waals surface area contributed by atoms with E-state index in [0.717, 1.165) is 17.0 Å². The van der Waals surface area contributed by atoms with E-state index in [9.17, 15) is 14.4 Å². The van der Waals surface area contributed by atoms with E-state index in [1.54, 1.807) is 6.07 Å². The summed E-state index contributed by atoms with van der Waals surface area (Å²) in [7, 11) is 0. The minimum absolute atomic E-state index is 0.00316. The number of rotatable bonds is 7. The largest absolute Gasteiger partial charge is 0.349 e. The zero-order valence-corrected chi connectivity index (χ0v) is 16.1. The number of nitrogens with zero attached hydrogens (tertiary/aromatic N) is 2. The lowest BCUT2D eigenvalue weighted by atomic mass is 10.2. The molecule has 2 N–H and O–H groups in total. The maximum Gasteiger partial charge on any atom is 0.263 e.